The van der Waals surface area contributed by atoms with Gasteiger partial charge in [-0.15, -0.1) is 0 Å². The Morgan fingerprint density at radius 2 is 1.67 bits per heavy atom. The zero-order valence-electron chi connectivity index (χ0n) is 14.0. The maximum Gasteiger partial charge on any atom is 0.306 e. The van der Waals surface area contributed by atoms with Crippen LogP contribution in [0.3, 0.4) is 0 Å². The fourth-order valence-corrected chi connectivity index (χ4v) is 3.76. The van der Waals surface area contributed by atoms with Gasteiger partial charge < -0.3 is 15.3 Å². The maximum absolute atomic E-state index is 12.9. The van der Waals surface area contributed by atoms with Crippen molar-refractivity contribution in [1.29, 1.82) is 0 Å². The molecule has 5 nitrogen and oxygen atoms in total. The second kappa shape index (κ2) is 7.69. The first-order chi connectivity index (χ1) is 11.6. The lowest BCUT2D eigenvalue weighted by molar-refractivity contribution is -0.143. The first-order valence-electron chi connectivity index (χ1n) is 9.03. The van der Waals surface area contributed by atoms with Crippen LogP contribution < -0.4 is 5.32 Å². The molecule has 2 fully saturated rings. The van der Waals surface area contributed by atoms with Gasteiger partial charge in [-0.1, -0.05) is 31.4 Å². The van der Waals surface area contributed by atoms with Crippen LogP contribution in [0.25, 0.3) is 0 Å². The number of nitrogens with one attached hydrogen (secondary N) is 1. The quantitative estimate of drug-likeness (QED) is 0.888. The molecule has 1 aliphatic heterocycles. The smallest absolute Gasteiger partial charge is 0.306 e. The minimum atomic E-state index is -0.749. The highest BCUT2D eigenvalue weighted by Gasteiger charge is 2.28. The molecule has 2 N–H and O–H groups in total. The number of aliphatic carboxylic acids is 1. The highest BCUT2D eigenvalue weighted by molar-refractivity contribution is 5.99. The van der Waals surface area contributed by atoms with Gasteiger partial charge >= 0.3 is 5.97 Å². The van der Waals surface area contributed by atoms with E-state index in [9.17, 15) is 9.59 Å². The van der Waals surface area contributed by atoms with Crippen LogP contribution in [0.2, 0.25) is 0 Å². The Hall–Kier alpha value is -2.04. The summed E-state index contributed by atoms with van der Waals surface area (Å²) >= 11 is 0. The lowest BCUT2D eigenvalue weighted by atomic mass is 9.94. The number of hydrogen-bond donors (Lipinski definition) is 2. The van der Waals surface area contributed by atoms with Gasteiger partial charge in [-0.05, 0) is 37.8 Å². The van der Waals surface area contributed by atoms with E-state index < -0.39 is 5.97 Å². The number of anilines is 1. The average molecular weight is 330 g/mol. The van der Waals surface area contributed by atoms with E-state index in [2.05, 4.69) is 5.32 Å². The molecule has 1 amide bonds. The van der Waals surface area contributed by atoms with Crippen molar-refractivity contribution in [3.63, 3.8) is 0 Å². The Morgan fingerprint density at radius 1 is 1.00 bits per heavy atom. The highest BCUT2D eigenvalue weighted by Crippen LogP contribution is 2.26. The minimum Gasteiger partial charge on any atom is -0.481 e. The number of carbonyl (C=O) groups is 2. The molecule has 0 spiro atoms. The number of likely N-dealkylation sites (tertiary alicyclic amines) is 1. The van der Waals surface area contributed by atoms with Crippen molar-refractivity contribution >= 4 is 17.6 Å². The predicted molar refractivity (Wildman–Crippen MR) is 93.2 cm³/mol. The van der Waals surface area contributed by atoms with E-state index in [1.165, 1.54) is 19.3 Å². The van der Waals surface area contributed by atoms with E-state index in [-0.39, 0.29) is 11.8 Å². The second-order valence-corrected chi connectivity index (χ2v) is 6.93. The molecule has 0 unspecified atom stereocenters. The third kappa shape index (κ3) is 3.89. The summed E-state index contributed by atoms with van der Waals surface area (Å²) in [6.07, 6.45) is 7.20. The van der Waals surface area contributed by atoms with E-state index >= 15 is 0 Å². The number of carboxylic acid groups (broad SMARTS) is 1. The standard InChI is InChI=1S/C19H26N2O3/c22-18(21-12-10-14(11-13-21)19(23)24)16-8-4-5-9-17(16)20-15-6-2-1-3-7-15/h4-5,8-9,14-15,20H,1-3,6-7,10-13H2,(H,23,24). The lowest BCUT2D eigenvalue weighted by Crippen LogP contribution is -2.40. The van der Waals surface area contributed by atoms with Crippen LogP contribution in [0.1, 0.15) is 55.3 Å². The van der Waals surface area contributed by atoms with Crippen LogP contribution >= 0.6 is 0 Å². The summed E-state index contributed by atoms with van der Waals surface area (Å²) in [4.78, 5) is 25.7. The Labute approximate surface area is 143 Å². The van der Waals surface area contributed by atoms with Gasteiger partial charge in [-0.2, -0.15) is 0 Å². The van der Waals surface area contributed by atoms with Gasteiger partial charge in [0.05, 0.1) is 11.5 Å². The zero-order valence-corrected chi connectivity index (χ0v) is 14.0. The van der Waals surface area contributed by atoms with Crippen molar-refractivity contribution in [1.82, 2.24) is 4.90 Å². The maximum atomic E-state index is 12.9. The van der Waals surface area contributed by atoms with Gasteiger partial charge in [-0.25, -0.2) is 0 Å². The van der Waals surface area contributed by atoms with Crippen LogP contribution in [0, 0.1) is 5.92 Å². The molecule has 0 radical (unpaired) electrons. The molecule has 24 heavy (non-hydrogen) atoms. The third-order valence-electron chi connectivity index (χ3n) is 5.25. The van der Waals surface area contributed by atoms with Crippen LogP contribution in [0.5, 0.6) is 0 Å². The van der Waals surface area contributed by atoms with Gasteiger partial charge in [-0.3, -0.25) is 9.59 Å². The molecular weight excluding hydrogens is 304 g/mol. The average Bonchev–Trinajstić information content (AvgIpc) is 2.62. The fraction of sp³-hybridized carbons (Fsp3) is 0.579. The molecule has 0 bridgehead atoms. The van der Waals surface area contributed by atoms with Crippen molar-refractivity contribution in [3.8, 4) is 0 Å². The summed E-state index contributed by atoms with van der Waals surface area (Å²) < 4.78 is 0. The zero-order chi connectivity index (χ0) is 16.9. The Kier molecular flexibility index (Phi) is 5.38. The molecule has 1 heterocycles. The highest BCUT2D eigenvalue weighted by atomic mass is 16.4. The number of piperidine rings is 1. The summed E-state index contributed by atoms with van der Waals surface area (Å²) in [5.41, 5.74) is 1.62. The topological polar surface area (TPSA) is 69.6 Å². The fourth-order valence-electron chi connectivity index (χ4n) is 3.76. The first-order valence-corrected chi connectivity index (χ1v) is 9.03. The first kappa shape index (κ1) is 16.8. The van der Waals surface area contributed by atoms with E-state index in [0.29, 0.717) is 37.5 Å². The normalized spacial score (nSPS) is 19.9. The molecular formula is C19H26N2O3. The molecule has 130 valence electrons. The van der Waals surface area contributed by atoms with E-state index in [1.807, 2.05) is 24.3 Å². The molecule has 1 aliphatic carbocycles. The Bertz CT molecular complexity index is 588. The van der Waals surface area contributed by atoms with Crippen molar-refractivity contribution in [2.75, 3.05) is 18.4 Å². The number of hydrogen-bond acceptors (Lipinski definition) is 3. The van der Waals surface area contributed by atoms with Gasteiger partial charge in [0, 0.05) is 24.8 Å². The molecule has 1 aromatic carbocycles. The number of amides is 1. The molecule has 1 saturated carbocycles. The van der Waals surface area contributed by atoms with Crippen LogP contribution in [0.4, 0.5) is 5.69 Å². The monoisotopic (exact) mass is 330 g/mol. The predicted octanol–water partition coefficient (Wildman–Crippen LogP) is 3.37. The molecule has 1 aromatic rings. The number of rotatable bonds is 4. The summed E-state index contributed by atoms with van der Waals surface area (Å²) in [5.74, 6) is -1.05. The summed E-state index contributed by atoms with van der Waals surface area (Å²) in [6.45, 7) is 1.04. The molecule has 0 aromatic heterocycles. The van der Waals surface area contributed by atoms with E-state index in [0.717, 1.165) is 18.5 Å². The van der Waals surface area contributed by atoms with E-state index in [4.69, 9.17) is 5.11 Å². The molecule has 0 atom stereocenters. The van der Waals surface area contributed by atoms with Crippen molar-refractivity contribution in [2.45, 2.75) is 51.0 Å². The molecule has 2 aliphatic rings. The summed E-state index contributed by atoms with van der Waals surface area (Å²) in [7, 11) is 0. The van der Waals surface area contributed by atoms with Crippen LogP contribution in [-0.2, 0) is 4.79 Å². The van der Waals surface area contributed by atoms with Crippen LogP contribution in [-0.4, -0.2) is 41.0 Å². The van der Waals surface area contributed by atoms with Gasteiger partial charge in [0.1, 0.15) is 0 Å². The number of benzene rings is 1. The van der Waals surface area contributed by atoms with Gasteiger partial charge in [0.25, 0.3) is 5.91 Å². The Balaban J connectivity index is 1.67. The molecule has 3 rings (SSSR count). The van der Waals surface area contributed by atoms with Crippen LogP contribution in [0.15, 0.2) is 24.3 Å². The lowest BCUT2D eigenvalue weighted by Gasteiger charge is -2.31. The molecule has 1 saturated heterocycles. The van der Waals surface area contributed by atoms with Gasteiger partial charge in [0.2, 0.25) is 0 Å². The second-order valence-electron chi connectivity index (χ2n) is 6.93. The summed E-state index contributed by atoms with van der Waals surface area (Å²) in [5, 5.41) is 12.6. The third-order valence-corrected chi connectivity index (χ3v) is 5.25. The number of para-hydroxylation sites is 1. The molecule has 5 heteroatoms. The number of carboxylic acids is 1. The van der Waals surface area contributed by atoms with Crippen molar-refractivity contribution in [2.24, 2.45) is 5.92 Å². The van der Waals surface area contributed by atoms with Crippen molar-refractivity contribution in [3.05, 3.63) is 29.8 Å². The SMILES string of the molecule is O=C(O)C1CCN(C(=O)c2ccccc2NC2CCCCC2)CC1. The Morgan fingerprint density at radius 3 is 2.33 bits per heavy atom. The number of carbonyl (C=O) groups excluding carboxylic acids is 1. The minimum absolute atomic E-state index is 0.0118. The summed E-state index contributed by atoms with van der Waals surface area (Å²) in [6, 6.07) is 8.15. The largest absolute Gasteiger partial charge is 0.481 e. The van der Waals surface area contributed by atoms with Gasteiger partial charge in [0.15, 0.2) is 0 Å². The number of nitrogens with zero attached hydrogens (tertiary/aromatic N) is 1. The van der Waals surface area contributed by atoms with Crippen molar-refractivity contribution < 1.29 is 14.7 Å². The van der Waals surface area contributed by atoms with E-state index in [1.54, 1.807) is 4.90 Å².